The second-order valence-electron chi connectivity index (χ2n) is 7.25. The Hall–Kier alpha value is -2.63. The molecule has 1 aromatic carbocycles. The number of piperidine rings is 1. The third kappa shape index (κ3) is 3.00. The van der Waals surface area contributed by atoms with Crippen molar-refractivity contribution in [3.63, 3.8) is 0 Å². The van der Waals surface area contributed by atoms with Crippen LogP contribution in [0.15, 0.2) is 22.7 Å². The summed E-state index contributed by atoms with van der Waals surface area (Å²) in [5.74, 6) is 2.11. The van der Waals surface area contributed by atoms with Gasteiger partial charge in [0, 0.05) is 24.6 Å². The largest absolute Gasteiger partial charge is 0.361 e. The lowest BCUT2D eigenvalue weighted by Gasteiger charge is -2.32. The molecule has 0 saturated carbocycles. The quantitative estimate of drug-likeness (QED) is 0.784. The van der Waals surface area contributed by atoms with E-state index in [4.69, 9.17) is 9.51 Å². The Morgan fingerprint density at radius 2 is 2.19 bits per heavy atom. The monoisotopic (exact) mass is 352 g/mol. The average molecular weight is 352 g/mol. The Balaban J connectivity index is 1.51. The minimum atomic E-state index is 0.136. The minimum absolute atomic E-state index is 0.136. The number of hydrogen-bond acceptors (Lipinski definition) is 4. The summed E-state index contributed by atoms with van der Waals surface area (Å²) in [6.07, 6.45) is 2.40. The van der Waals surface area contributed by atoms with Gasteiger partial charge in [-0.3, -0.25) is 4.79 Å². The molecule has 1 saturated heterocycles. The first-order valence-corrected chi connectivity index (χ1v) is 9.17. The highest BCUT2D eigenvalue weighted by Gasteiger charge is 2.28. The summed E-state index contributed by atoms with van der Waals surface area (Å²) in [5, 5.41) is 3.95. The van der Waals surface area contributed by atoms with Gasteiger partial charge in [0.1, 0.15) is 11.6 Å². The molecule has 1 fully saturated rings. The zero-order valence-electron chi connectivity index (χ0n) is 15.5. The van der Waals surface area contributed by atoms with Crippen LogP contribution in [0.1, 0.15) is 47.2 Å². The summed E-state index contributed by atoms with van der Waals surface area (Å²) in [7, 11) is 0. The molecule has 0 radical (unpaired) electrons. The van der Waals surface area contributed by atoms with Gasteiger partial charge < -0.3 is 14.4 Å². The first-order chi connectivity index (χ1) is 12.5. The number of hydrogen-bond donors (Lipinski definition) is 1. The maximum absolute atomic E-state index is 12.8. The summed E-state index contributed by atoms with van der Waals surface area (Å²) in [4.78, 5) is 23.0. The highest BCUT2D eigenvalue weighted by molar-refractivity contribution is 5.80. The Morgan fingerprint density at radius 1 is 1.35 bits per heavy atom. The van der Waals surface area contributed by atoms with Crippen LogP contribution in [0.3, 0.4) is 0 Å². The van der Waals surface area contributed by atoms with Gasteiger partial charge in [0.2, 0.25) is 5.91 Å². The number of carbonyl (C=O) groups excluding carboxylic acids is 1. The van der Waals surface area contributed by atoms with E-state index < -0.39 is 0 Å². The van der Waals surface area contributed by atoms with E-state index in [1.807, 2.05) is 24.8 Å². The van der Waals surface area contributed by atoms with Gasteiger partial charge in [-0.05, 0) is 45.2 Å². The lowest BCUT2D eigenvalue weighted by molar-refractivity contribution is -0.131. The number of likely N-dealkylation sites (tertiary alicyclic amines) is 1. The fourth-order valence-electron chi connectivity index (χ4n) is 3.83. The summed E-state index contributed by atoms with van der Waals surface area (Å²) >= 11 is 0. The van der Waals surface area contributed by atoms with E-state index in [1.54, 1.807) is 0 Å². The predicted octanol–water partition coefficient (Wildman–Crippen LogP) is 3.42. The predicted molar refractivity (Wildman–Crippen MR) is 99.1 cm³/mol. The van der Waals surface area contributed by atoms with Crippen molar-refractivity contribution in [2.45, 2.75) is 46.0 Å². The van der Waals surface area contributed by atoms with Gasteiger partial charge in [0.25, 0.3) is 0 Å². The first-order valence-electron chi connectivity index (χ1n) is 9.17. The normalized spacial score (nSPS) is 17.8. The Labute approximate surface area is 152 Å². The number of para-hydroxylation sites is 1. The van der Waals surface area contributed by atoms with Gasteiger partial charge >= 0.3 is 0 Å². The Kier molecular flexibility index (Phi) is 4.26. The van der Waals surface area contributed by atoms with E-state index in [9.17, 15) is 4.79 Å². The zero-order chi connectivity index (χ0) is 18.3. The third-order valence-corrected chi connectivity index (χ3v) is 5.40. The molecule has 0 spiro atoms. The fraction of sp³-hybridized carbons (Fsp3) is 0.450. The average Bonchev–Trinajstić information content (AvgIpc) is 3.21. The molecule has 26 heavy (non-hydrogen) atoms. The van der Waals surface area contributed by atoms with Gasteiger partial charge in [0.15, 0.2) is 0 Å². The van der Waals surface area contributed by atoms with Crippen molar-refractivity contribution in [2.24, 2.45) is 0 Å². The molecule has 0 unspecified atom stereocenters. The van der Waals surface area contributed by atoms with Crippen LogP contribution in [-0.2, 0) is 11.2 Å². The number of H-pyrrole nitrogens is 1. The van der Waals surface area contributed by atoms with Crippen molar-refractivity contribution in [3.05, 3.63) is 46.6 Å². The number of aromatic nitrogens is 3. The maximum Gasteiger partial charge on any atom is 0.227 e. The molecule has 2 aromatic heterocycles. The van der Waals surface area contributed by atoms with Crippen molar-refractivity contribution in [3.8, 4) is 0 Å². The highest BCUT2D eigenvalue weighted by atomic mass is 16.5. The Morgan fingerprint density at radius 3 is 2.92 bits per heavy atom. The number of carbonyl (C=O) groups is 1. The number of nitrogens with zero attached hydrogens (tertiary/aromatic N) is 3. The molecular weight excluding hydrogens is 328 g/mol. The van der Waals surface area contributed by atoms with Crippen molar-refractivity contribution in [1.82, 2.24) is 20.0 Å². The standard InChI is InChI=1S/C20H24N4O2/c1-12-6-4-8-17-19(12)22-20(21-17)15-7-5-9-24(11-15)18(25)10-16-13(2)23-26-14(16)3/h4,6,8,15H,5,7,9-11H2,1-3H3,(H,21,22)/t15-/m0/s1. The molecule has 6 heteroatoms. The van der Waals surface area contributed by atoms with E-state index in [0.717, 1.165) is 53.3 Å². The van der Waals surface area contributed by atoms with Gasteiger partial charge in [-0.25, -0.2) is 4.98 Å². The fourth-order valence-corrected chi connectivity index (χ4v) is 3.83. The molecule has 1 N–H and O–H groups in total. The van der Waals surface area contributed by atoms with Crippen LogP contribution < -0.4 is 0 Å². The number of amides is 1. The van der Waals surface area contributed by atoms with E-state index in [0.29, 0.717) is 13.0 Å². The van der Waals surface area contributed by atoms with Crippen LogP contribution >= 0.6 is 0 Å². The van der Waals surface area contributed by atoms with E-state index in [2.05, 4.69) is 29.2 Å². The summed E-state index contributed by atoms with van der Waals surface area (Å²) in [6.45, 7) is 7.33. The second kappa shape index (κ2) is 6.59. The second-order valence-corrected chi connectivity index (χ2v) is 7.25. The van der Waals surface area contributed by atoms with Gasteiger partial charge in [-0.1, -0.05) is 17.3 Å². The van der Waals surface area contributed by atoms with Crippen molar-refractivity contribution >= 4 is 16.9 Å². The third-order valence-electron chi connectivity index (χ3n) is 5.40. The van der Waals surface area contributed by atoms with Crippen molar-refractivity contribution in [2.75, 3.05) is 13.1 Å². The zero-order valence-corrected chi connectivity index (χ0v) is 15.5. The van der Waals surface area contributed by atoms with Gasteiger partial charge in [-0.2, -0.15) is 0 Å². The number of aryl methyl sites for hydroxylation is 3. The van der Waals surface area contributed by atoms with E-state index in [-0.39, 0.29) is 11.8 Å². The Bertz CT molecular complexity index is 937. The summed E-state index contributed by atoms with van der Waals surface area (Å²) in [6, 6.07) is 6.18. The molecule has 1 aliphatic rings. The van der Waals surface area contributed by atoms with Crippen LogP contribution in [0.2, 0.25) is 0 Å². The number of rotatable bonds is 3. The molecule has 0 aliphatic carbocycles. The lowest BCUT2D eigenvalue weighted by Crippen LogP contribution is -2.40. The molecule has 0 bridgehead atoms. The number of benzene rings is 1. The molecule has 1 atom stereocenters. The SMILES string of the molecule is Cc1noc(C)c1CC(=O)N1CCC[C@H](c2nc3c(C)cccc3[nH]2)C1. The van der Waals surface area contributed by atoms with Crippen molar-refractivity contribution < 1.29 is 9.32 Å². The maximum atomic E-state index is 12.8. The van der Waals surface area contributed by atoms with E-state index in [1.165, 1.54) is 5.56 Å². The molecular formula is C20H24N4O2. The smallest absolute Gasteiger partial charge is 0.227 e. The molecule has 6 nitrogen and oxygen atoms in total. The van der Waals surface area contributed by atoms with Gasteiger partial charge in [-0.15, -0.1) is 0 Å². The topological polar surface area (TPSA) is 75.0 Å². The summed E-state index contributed by atoms with van der Waals surface area (Å²) in [5.41, 5.74) is 4.99. The number of nitrogens with one attached hydrogen (secondary N) is 1. The number of fused-ring (bicyclic) bond motifs is 1. The molecule has 3 heterocycles. The minimum Gasteiger partial charge on any atom is -0.361 e. The van der Waals surface area contributed by atoms with Crippen molar-refractivity contribution in [1.29, 1.82) is 0 Å². The van der Waals surface area contributed by atoms with Crippen LogP contribution in [0.4, 0.5) is 0 Å². The molecule has 1 amide bonds. The molecule has 1 aliphatic heterocycles. The van der Waals surface area contributed by atoms with Crippen LogP contribution in [0.25, 0.3) is 11.0 Å². The van der Waals surface area contributed by atoms with E-state index >= 15 is 0 Å². The highest BCUT2D eigenvalue weighted by Crippen LogP contribution is 2.28. The summed E-state index contributed by atoms with van der Waals surface area (Å²) < 4.78 is 5.18. The lowest BCUT2D eigenvalue weighted by atomic mass is 9.96. The molecule has 136 valence electrons. The number of imidazole rings is 1. The van der Waals surface area contributed by atoms with Crippen LogP contribution in [-0.4, -0.2) is 39.0 Å². The van der Waals surface area contributed by atoms with Crippen LogP contribution in [0.5, 0.6) is 0 Å². The first kappa shape index (κ1) is 16.8. The number of aromatic amines is 1. The van der Waals surface area contributed by atoms with Gasteiger partial charge in [0.05, 0.1) is 23.1 Å². The van der Waals surface area contributed by atoms with Crippen LogP contribution in [0, 0.1) is 20.8 Å². The molecule has 4 rings (SSSR count). The molecule has 3 aromatic rings.